The fraction of sp³-hybridized carbons (Fsp3) is 0.727. The predicted octanol–water partition coefficient (Wildman–Crippen LogP) is 0.0223. The van der Waals surface area contributed by atoms with Gasteiger partial charge in [0.1, 0.15) is 0 Å². The first-order valence-electron chi connectivity index (χ1n) is 5.26. The molecular weight excluding hydrogens is 192 g/mol. The lowest BCUT2D eigenvalue weighted by atomic mass is 9.90. The number of carbonyl (C=O) groups excluding carboxylic acids is 1. The van der Waals surface area contributed by atoms with Crippen LogP contribution in [0.25, 0.3) is 0 Å². The van der Waals surface area contributed by atoms with Gasteiger partial charge in [0, 0.05) is 13.2 Å². The molecule has 0 aromatic heterocycles. The molecule has 0 bridgehead atoms. The van der Waals surface area contributed by atoms with Crippen LogP contribution in [0.4, 0.5) is 0 Å². The molecule has 1 aliphatic heterocycles. The molecule has 1 unspecified atom stereocenters. The Hall–Kier alpha value is -1.05. The average molecular weight is 210 g/mol. The molecule has 1 fully saturated rings. The van der Waals surface area contributed by atoms with E-state index in [-0.39, 0.29) is 11.9 Å². The second-order valence-electron chi connectivity index (χ2n) is 3.87. The largest absolute Gasteiger partial charge is 0.381 e. The molecule has 0 saturated carbocycles. The maximum atomic E-state index is 11.9. The van der Waals surface area contributed by atoms with Gasteiger partial charge < -0.3 is 15.8 Å². The number of nitrogens with one attached hydrogen (secondary N) is 1. The molecular formula is C11H18N2O2. The number of carbonyl (C=O) groups is 1. The zero-order chi connectivity index (χ0) is 11.3. The van der Waals surface area contributed by atoms with Gasteiger partial charge >= 0.3 is 0 Å². The summed E-state index contributed by atoms with van der Waals surface area (Å²) in [4.78, 5) is 11.9. The van der Waals surface area contributed by atoms with E-state index in [0.717, 1.165) is 6.42 Å². The topological polar surface area (TPSA) is 64.4 Å². The Morgan fingerprint density at radius 1 is 1.67 bits per heavy atom. The average Bonchev–Trinajstić information content (AvgIpc) is 2.26. The third-order valence-electron chi connectivity index (χ3n) is 2.75. The van der Waals surface area contributed by atoms with Crippen molar-refractivity contribution in [1.29, 1.82) is 0 Å². The number of amides is 1. The first-order valence-corrected chi connectivity index (χ1v) is 5.26. The zero-order valence-corrected chi connectivity index (χ0v) is 9.08. The molecule has 1 atom stereocenters. The van der Waals surface area contributed by atoms with E-state index in [2.05, 4.69) is 11.2 Å². The molecule has 0 radical (unpaired) electrons. The highest BCUT2D eigenvalue weighted by atomic mass is 16.5. The quantitative estimate of drug-likeness (QED) is 0.646. The summed E-state index contributed by atoms with van der Waals surface area (Å²) in [6, 6.07) is -0.222. The van der Waals surface area contributed by atoms with Crippen molar-refractivity contribution in [1.82, 2.24) is 5.32 Å². The fourth-order valence-electron chi connectivity index (χ4n) is 1.53. The van der Waals surface area contributed by atoms with Crippen molar-refractivity contribution in [2.75, 3.05) is 13.2 Å². The lowest BCUT2D eigenvalue weighted by molar-refractivity contribution is -0.130. The molecule has 0 spiro atoms. The Balaban J connectivity index is 2.55. The fourth-order valence-corrected chi connectivity index (χ4v) is 1.53. The summed E-state index contributed by atoms with van der Waals surface area (Å²) in [5.41, 5.74) is 5.20. The van der Waals surface area contributed by atoms with Crippen molar-refractivity contribution >= 4 is 5.91 Å². The minimum Gasteiger partial charge on any atom is -0.381 e. The molecule has 1 aliphatic rings. The summed E-state index contributed by atoms with van der Waals surface area (Å²) in [6.07, 6.45) is 7.10. The van der Waals surface area contributed by atoms with E-state index >= 15 is 0 Å². The summed E-state index contributed by atoms with van der Waals surface area (Å²) in [6.45, 7) is 3.01. The van der Waals surface area contributed by atoms with Crippen LogP contribution in [0.3, 0.4) is 0 Å². The standard InChI is InChI=1S/C11H18N2O2/c1-3-9(4-2)13-10(14)11(12)5-7-15-8-6-11/h1,9H,4-8,12H2,2H3,(H,13,14). The summed E-state index contributed by atoms with van der Waals surface area (Å²) < 4.78 is 5.17. The molecule has 4 heteroatoms. The third kappa shape index (κ3) is 2.95. The van der Waals surface area contributed by atoms with Crippen molar-refractivity contribution in [3.63, 3.8) is 0 Å². The molecule has 15 heavy (non-hydrogen) atoms. The normalized spacial score (nSPS) is 21.4. The van der Waals surface area contributed by atoms with Gasteiger partial charge in [-0.3, -0.25) is 4.79 Å². The molecule has 0 aromatic rings. The van der Waals surface area contributed by atoms with Gasteiger partial charge in [-0.05, 0) is 19.3 Å². The second kappa shape index (κ2) is 5.15. The molecule has 1 heterocycles. The van der Waals surface area contributed by atoms with E-state index in [1.54, 1.807) is 0 Å². The first kappa shape index (κ1) is 12.0. The molecule has 1 rings (SSSR count). The third-order valence-corrected chi connectivity index (χ3v) is 2.75. The Morgan fingerprint density at radius 2 is 2.27 bits per heavy atom. The Bertz CT molecular complexity index is 264. The minimum absolute atomic E-state index is 0.157. The predicted molar refractivity (Wildman–Crippen MR) is 58.0 cm³/mol. The van der Waals surface area contributed by atoms with Crippen LogP contribution in [-0.2, 0) is 9.53 Å². The van der Waals surface area contributed by atoms with E-state index < -0.39 is 5.54 Å². The van der Waals surface area contributed by atoms with Crippen molar-refractivity contribution < 1.29 is 9.53 Å². The summed E-state index contributed by atoms with van der Waals surface area (Å²) >= 11 is 0. The monoisotopic (exact) mass is 210 g/mol. The van der Waals surface area contributed by atoms with Crippen LogP contribution in [0.1, 0.15) is 26.2 Å². The molecule has 0 aromatic carbocycles. The molecule has 1 amide bonds. The van der Waals surface area contributed by atoms with Gasteiger partial charge in [-0.15, -0.1) is 6.42 Å². The molecule has 4 nitrogen and oxygen atoms in total. The highest BCUT2D eigenvalue weighted by Crippen LogP contribution is 2.17. The van der Waals surface area contributed by atoms with Gasteiger partial charge in [0.25, 0.3) is 0 Å². The van der Waals surface area contributed by atoms with Crippen LogP contribution in [0.2, 0.25) is 0 Å². The van der Waals surface area contributed by atoms with Crippen molar-refractivity contribution in [2.24, 2.45) is 5.73 Å². The van der Waals surface area contributed by atoms with Crippen LogP contribution < -0.4 is 11.1 Å². The number of hydrogen-bond donors (Lipinski definition) is 2. The number of ether oxygens (including phenoxy) is 1. The van der Waals surface area contributed by atoms with Gasteiger partial charge in [-0.2, -0.15) is 0 Å². The van der Waals surface area contributed by atoms with Gasteiger partial charge in [0.05, 0.1) is 11.6 Å². The SMILES string of the molecule is C#CC(CC)NC(=O)C1(N)CCOCC1. The lowest BCUT2D eigenvalue weighted by Crippen LogP contribution is -2.58. The van der Waals surface area contributed by atoms with Gasteiger partial charge in [0.15, 0.2) is 0 Å². The lowest BCUT2D eigenvalue weighted by Gasteiger charge is -2.32. The van der Waals surface area contributed by atoms with Crippen LogP contribution in [0.15, 0.2) is 0 Å². The number of hydrogen-bond acceptors (Lipinski definition) is 3. The maximum Gasteiger partial charge on any atom is 0.241 e. The summed E-state index contributed by atoms with van der Waals surface area (Å²) in [5, 5.41) is 2.77. The van der Waals surface area contributed by atoms with E-state index in [9.17, 15) is 4.79 Å². The molecule has 1 saturated heterocycles. The first-order chi connectivity index (χ1) is 7.12. The molecule has 3 N–H and O–H groups in total. The van der Waals surface area contributed by atoms with Crippen molar-refractivity contribution in [3.05, 3.63) is 0 Å². The van der Waals surface area contributed by atoms with Gasteiger partial charge in [0.2, 0.25) is 5.91 Å². The highest BCUT2D eigenvalue weighted by molar-refractivity contribution is 5.86. The van der Waals surface area contributed by atoms with Crippen molar-refractivity contribution in [3.8, 4) is 12.3 Å². The summed E-state index contributed by atoms with van der Waals surface area (Å²) in [5.74, 6) is 2.36. The van der Waals surface area contributed by atoms with E-state index in [4.69, 9.17) is 16.9 Å². The van der Waals surface area contributed by atoms with E-state index in [1.807, 2.05) is 6.92 Å². The van der Waals surface area contributed by atoms with Gasteiger partial charge in [-0.25, -0.2) is 0 Å². The van der Waals surface area contributed by atoms with Crippen LogP contribution in [0, 0.1) is 12.3 Å². The van der Waals surface area contributed by atoms with E-state index in [1.165, 1.54) is 0 Å². The highest BCUT2D eigenvalue weighted by Gasteiger charge is 2.36. The summed E-state index contributed by atoms with van der Waals surface area (Å²) in [7, 11) is 0. The Morgan fingerprint density at radius 3 is 2.73 bits per heavy atom. The molecule has 84 valence electrons. The number of nitrogens with two attached hydrogens (primary N) is 1. The minimum atomic E-state index is -0.803. The zero-order valence-electron chi connectivity index (χ0n) is 9.08. The maximum absolute atomic E-state index is 11.9. The van der Waals surface area contributed by atoms with Crippen LogP contribution >= 0.6 is 0 Å². The second-order valence-corrected chi connectivity index (χ2v) is 3.87. The van der Waals surface area contributed by atoms with Crippen molar-refractivity contribution in [2.45, 2.75) is 37.8 Å². The molecule has 0 aliphatic carbocycles. The van der Waals surface area contributed by atoms with Crippen LogP contribution in [0.5, 0.6) is 0 Å². The van der Waals surface area contributed by atoms with Gasteiger partial charge in [-0.1, -0.05) is 12.8 Å². The Kier molecular flexibility index (Phi) is 4.13. The smallest absolute Gasteiger partial charge is 0.241 e. The number of terminal acetylenes is 1. The van der Waals surface area contributed by atoms with E-state index in [0.29, 0.717) is 26.1 Å². The number of rotatable bonds is 3. The Labute approximate surface area is 90.5 Å². The van der Waals surface area contributed by atoms with Crippen LogP contribution in [-0.4, -0.2) is 30.7 Å².